The van der Waals surface area contributed by atoms with E-state index >= 15 is 0 Å². The van der Waals surface area contributed by atoms with Gasteiger partial charge in [-0.05, 0) is 38.5 Å². The summed E-state index contributed by atoms with van der Waals surface area (Å²) in [6.07, 6.45) is 36.8. The first-order valence-corrected chi connectivity index (χ1v) is 23.4. The van der Waals surface area contributed by atoms with E-state index in [-0.39, 0.29) is 25.6 Å². The molecule has 0 aromatic heterocycles. The van der Waals surface area contributed by atoms with E-state index in [0.29, 0.717) is 23.9 Å². The fraction of sp³-hybridized carbons (Fsp3) is 0.907. The molecule has 0 aliphatic rings. The van der Waals surface area contributed by atoms with Crippen LogP contribution < -0.4 is 0 Å². The molecular formula is C43H85NO8P+. The number of carbonyl (C=O) groups is 2. The normalized spacial score (nSPS) is 13.7. The Morgan fingerprint density at radius 3 is 1.40 bits per heavy atom. The number of rotatable bonds is 40. The number of esters is 2. The molecule has 53 heavy (non-hydrogen) atoms. The van der Waals surface area contributed by atoms with Crippen molar-refractivity contribution in [2.45, 2.75) is 206 Å². The van der Waals surface area contributed by atoms with Gasteiger partial charge in [-0.25, -0.2) is 4.57 Å². The quantitative estimate of drug-likeness (QED) is 0.0215. The van der Waals surface area contributed by atoms with Crippen LogP contribution in [0, 0.1) is 0 Å². The Morgan fingerprint density at radius 2 is 0.962 bits per heavy atom. The van der Waals surface area contributed by atoms with E-state index in [4.69, 9.17) is 18.5 Å². The van der Waals surface area contributed by atoms with Gasteiger partial charge >= 0.3 is 19.8 Å². The summed E-state index contributed by atoms with van der Waals surface area (Å²) >= 11 is 0. The lowest BCUT2D eigenvalue weighted by Crippen LogP contribution is -2.37. The molecule has 2 atom stereocenters. The van der Waals surface area contributed by atoms with Crippen molar-refractivity contribution < 1.29 is 42.1 Å². The first kappa shape index (κ1) is 51.8. The molecule has 0 heterocycles. The summed E-state index contributed by atoms with van der Waals surface area (Å²) in [7, 11) is 1.48. The summed E-state index contributed by atoms with van der Waals surface area (Å²) in [5.74, 6) is -0.796. The van der Waals surface area contributed by atoms with Gasteiger partial charge in [0.25, 0.3) is 0 Å². The fourth-order valence-corrected chi connectivity index (χ4v) is 6.81. The number of phosphoric ester groups is 1. The van der Waals surface area contributed by atoms with Crippen molar-refractivity contribution in [2.24, 2.45) is 0 Å². The summed E-state index contributed by atoms with van der Waals surface area (Å²) in [6, 6.07) is 0. The zero-order valence-electron chi connectivity index (χ0n) is 35.3. The molecule has 9 nitrogen and oxygen atoms in total. The number of hydrogen-bond donors (Lipinski definition) is 1. The average molecular weight is 775 g/mol. The number of unbranched alkanes of at least 4 members (excludes halogenated alkanes) is 24. The van der Waals surface area contributed by atoms with Crippen LogP contribution in [0.4, 0.5) is 0 Å². The fourth-order valence-electron chi connectivity index (χ4n) is 6.07. The lowest BCUT2D eigenvalue weighted by Gasteiger charge is -2.24. The Hall–Kier alpha value is -1.25. The monoisotopic (exact) mass is 775 g/mol. The second-order valence-corrected chi connectivity index (χ2v) is 17.5. The van der Waals surface area contributed by atoms with Gasteiger partial charge in [0, 0.05) is 12.8 Å². The van der Waals surface area contributed by atoms with Gasteiger partial charge in [-0.15, -0.1) is 0 Å². The van der Waals surface area contributed by atoms with E-state index in [9.17, 15) is 19.0 Å². The lowest BCUT2D eigenvalue weighted by molar-refractivity contribution is -0.870. The van der Waals surface area contributed by atoms with Crippen LogP contribution in [0.15, 0.2) is 12.2 Å². The molecule has 0 aliphatic heterocycles. The highest BCUT2D eigenvalue weighted by atomic mass is 31.2. The number of phosphoric acid groups is 1. The Morgan fingerprint density at radius 1 is 0.566 bits per heavy atom. The number of quaternary nitrogens is 1. The largest absolute Gasteiger partial charge is 0.472 e. The zero-order valence-corrected chi connectivity index (χ0v) is 36.2. The van der Waals surface area contributed by atoms with Crippen molar-refractivity contribution in [1.82, 2.24) is 0 Å². The Labute approximate surface area is 326 Å². The molecule has 314 valence electrons. The minimum Gasteiger partial charge on any atom is -0.462 e. The molecule has 2 unspecified atom stereocenters. The van der Waals surface area contributed by atoms with Crippen LogP contribution in [0.25, 0.3) is 0 Å². The van der Waals surface area contributed by atoms with Crippen molar-refractivity contribution in [3.8, 4) is 0 Å². The molecule has 0 amide bonds. The summed E-state index contributed by atoms with van der Waals surface area (Å²) in [6.45, 7) is 4.43. The molecular weight excluding hydrogens is 689 g/mol. The van der Waals surface area contributed by atoms with Crippen LogP contribution in [0.3, 0.4) is 0 Å². The second-order valence-electron chi connectivity index (χ2n) is 16.1. The van der Waals surface area contributed by atoms with Gasteiger partial charge in [0.05, 0.1) is 27.7 Å². The van der Waals surface area contributed by atoms with Crippen molar-refractivity contribution in [3.63, 3.8) is 0 Å². The van der Waals surface area contributed by atoms with Crippen LogP contribution in [0.2, 0.25) is 0 Å². The van der Waals surface area contributed by atoms with Crippen molar-refractivity contribution in [2.75, 3.05) is 47.5 Å². The third-order valence-corrected chi connectivity index (χ3v) is 10.5. The maximum atomic E-state index is 12.7. The zero-order chi connectivity index (χ0) is 39.3. The lowest BCUT2D eigenvalue weighted by atomic mass is 10.0. The van der Waals surface area contributed by atoms with Gasteiger partial charge < -0.3 is 18.9 Å². The van der Waals surface area contributed by atoms with Gasteiger partial charge in [-0.3, -0.25) is 18.6 Å². The van der Waals surface area contributed by atoms with Gasteiger partial charge in [0.1, 0.15) is 19.8 Å². The molecule has 1 N–H and O–H groups in total. The Kier molecular flexibility index (Phi) is 35.5. The van der Waals surface area contributed by atoms with Crippen LogP contribution in [0.1, 0.15) is 200 Å². The topological polar surface area (TPSA) is 108 Å². The van der Waals surface area contributed by atoms with E-state index in [1.807, 2.05) is 21.1 Å². The first-order valence-electron chi connectivity index (χ1n) is 21.9. The Bertz CT molecular complexity index is 922. The van der Waals surface area contributed by atoms with Gasteiger partial charge in [-0.1, -0.05) is 161 Å². The van der Waals surface area contributed by atoms with Gasteiger partial charge in [0.15, 0.2) is 6.10 Å². The summed E-state index contributed by atoms with van der Waals surface area (Å²) < 4.78 is 34.3. The minimum atomic E-state index is -4.37. The summed E-state index contributed by atoms with van der Waals surface area (Å²) in [5.41, 5.74) is 0. The standard InChI is InChI=1S/C43H84NO8P/c1-6-8-10-12-14-16-18-20-21-22-23-24-26-28-30-32-34-36-43(46)52-41(40-51-53(47,48)50-38-37-44(3,4)5)39-49-42(45)35-33-31-29-27-25-19-17-15-13-11-9-7-2/h20-21,41H,6-19,22-40H2,1-5H3/p+1/b21-20-. The van der Waals surface area contributed by atoms with Crippen LogP contribution in [0.5, 0.6) is 0 Å². The predicted molar refractivity (Wildman–Crippen MR) is 220 cm³/mol. The molecule has 0 fully saturated rings. The van der Waals surface area contributed by atoms with Gasteiger partial charge in [-0.2, -0.15) is 0 Å². The SMILES string of the molecule is CCCCCCCC/C=C\CCCCCCCCCC(=O)OC(COC(=O)CCCCCCCCCCCCCC)COP(=O)(O)OCC[N+](C)(C)C. The maximum Gasteiger partial charge on any atom is 0.472 e. The number of nitrogens with zero attached hydrogens (tertiary/aromatic N) is 1. The molecule has 10 heteroatoms. The molecule has 0 aromatic carbocycles. The molecule has 0 bridgehead atoms. The summed E-state index contributed by atoms with van der Waals surface area (Å²) in [4.78, 5) is 35.3. The average Bonchev–Trinajstić information content (AvgIpc) is 3.10. The molecule has 0 rings (SSSR count). The third kappa shape index (κ3) is 40.2. The van der Waals surface area contributed by atoms with E-state index in [2.05, 4.69) is 26.0 Å². The highest BCUT2D eigenvalue weighted by molar-refractivity contribution is 7.47. The highest BCUT2D eigenvalue weighted by Crippen LogP contribution is 2.43. The van der Waals surface area contributed by atoms with E-state index in [1.165, 1.54) is 122 Å². The smallest absolute Gasteiger partial charge is 0.462 e. The number of ether oxygens (including phenoxy) is 2. The predicted octanol–water partition coefficient (Wildman–Crippen LogP) is 12.2. The van der Waals surface area contributed by atoms with Crippen molar-refractivity contribution in [3.05, 3.63) is 12.2 Å². The van der Waals surface area contributed by atoms with Crippen LogP contribution >= 0.6 is 7.82 Å². The molecule has 0 spiro atoms. The van der Waals surface area contributed by atoms with E-state index in [1.54, 1.807) is 0 Å². The van der Waals surface area contributed by atoms with E-state index in [0.717, 1.165) is 44.9 Å². The first-order chi connectivity index (χ1) is 25.5. The molecule has 0 saturated carbocycles. The maximum absolute atomic E-state index is 12.7. The molecule has 0 aromatic rings. The second kappa shape index (κ2) is 36.4. The minimum absolute atomic E-state index is 0.0339. The number of carbonyl (C=O) groups excluding carboxylic acids is 2. The summed E-state index contributed by atoms with van der Waals surface area (Å²) in [5, 5.41) is 0. The third-order valence-electron chi connectivity index (χ3n) is 9.55. The van der Waals surface area contributed by atoms with Crippen LogP contribution in [-0.4, -0.2) is 74.9 Å². The molecule has 0 saturated heterocycles. The van der Waals surface area contributed by atoms with Crippen molar-refractivity contribution >= 4 is 19.8 Å². The molecule has 0 radical (unpaired) electrons. The molecule has 0 aliphatic carbocycles. The van der Waals surface area contributed by atoms with E-state index < -0.39 is 26.5 Å². The Balaban J connectivity index is 4.34. The van der Waals surface area contributed by atoms with Gasteiger partial charge in [0.2, 0.25) is 0 Å². The van der Waals surface area contributed by atoms with Crippen molar-refractivity contribution in [1.29, 1.82) is 0 Å². The highest BCUT2D eigenvalue weighted by Gasteiger charge is 2.27. The number of likely N-dealkylation sites (N-methyl/N-ethyl adjacent to an activating group) is 1. The number of allylic oxidation sites excluding steroid dienone is 2. The van der Waals surface area contributed by atoms with Crippen LogP contribution in [-0.2, 0) is 32.7 Å². The number of hydrogen-bond acceptors (Lipinski definition) is 7.